The minimum absolute atomic E-state index is 0.398. The van der Waals surface area contributed by atoms with Crippen molar-refractivity contribution in [3.8, 4) is 0 Å². The largest absolute Gasteiger partial charge is 0.327 e. The molecule has 2 N–H and O–H groups in total. The van der Waals surface area contributed by atoms with Gasteiger partial charge in [-0.05, 0) is 32.1 Å². The maximum Gasteiger partial charge on any atom is 0.00763 e. The number of hydrogen-bond acceptors (Lipinski definition) is 1. The van der Waals surface area contributed by atoms with Crippen molar-refractivity contribution in [1.29, 1.82) is 0 Å². The van der Waals surface area contributed by atoms with E-state index in [0.29, 0.717) is 6.04 Å². The Kier molecular flexibility index (Phi) is 3.54. The van der Waals surface area contributed by atoms with Crippen LogP contribution in [0.2, 0.25) is 0 Å². The van der Waals surface area contributed by atoms with Crippen molar-refractivity contribution in [1.82, 2.24) is 0 Å². The highest BCUT2D eigenvalue weighted by Crippen LogP contribution is 2.23. The summed E-state index contributed by atoms with van der Waals surface area (Å²) >= 11 is 0. The lowest BCUT2D eigenvalue weighted by atomic mass is 9.90. The van der Waals surface area contributed by atoms with Crippen LogP contribution in [0.3, 0.4) is 0 Å². The Morgan fingerprint density at radius 2 is 2.50 bits per heavy atom. The second-order valence-corrected chi connectivity index (χ2v) is 3.67. The second kappa shape index (κ2) is 4.46. The summed E-state index contributed by atoms with van der Waals surface area (Å²) in [7, 11) is 0. The summed E-state index contributed by atoms with van der Waals surface area (Å²) in [5.41, 5.74) is 8.61. The fourth-order valence-corrected chi connectivity index (χ4v) is 1.65. The molecule has 68 valence electrons. The molecular weight excluding hydrogens is 146 g/mol. The van der Waals surface area contributed by atoms with Gasteiger partial charge in [-0.3, -0.25) is 0 Å². The van der Waals surface area contributed by atoms with Crippen LogP contribution in [0.25, 0.3) is 0 Å². The van der Waals surface area contributed by atoms with E-state index in [4.69, 9.17) is 5.73 Å². The summed E-state index contributed by atoms with van der Waals surface area (Å²) in [5, 5.41) is 0. The summed E-state index contributed by atoms with van der Waals surface area (Å²) in [6, 6.07) is 0.398. The summed E-state index contributed by atoms with van der Waals surface area (Å²) in [4.78, 5) is 0. The van der Waals surface area contributed by atoms with Crippen LogP contribution >= 0.6 is 0 Å². The highest BCUT2D eigenvalue weighted by atomic mass is 14.6. The lowest BCUT2D eigenvalue weighted by molar-refractivity contribution is 0.517. The van der Waals surface area contributed by atoms with Gasteiger partial charge in [-0.25, -0.2) is 0 Å². The van der Waals surface area contributed by atoms with Gasteiger partial charge in [0.2, 0.25) is 0 Å². The fraction of sp³-hybridized carbons (Fsp3) is 0.636. The Balaban J connectivity index is 2.50. The van der Waals surface area contributed by atoms with Gasteiger partial charge in [0.15, 0.2) is 0 Å². The van der Waals surface area contributed by atoms with Crippen molar-refractivity contribution in [2.45, 2.75) is 45.1 Å². The third kappa shape index (κ3) is 2.82. The highest BCUT2D eigenvalue weighted by molar-refractivity contribution is 5.22. The first-order valence-corrected chi connectivity index (χ1v) is 4.85. The zero-order valence-corrected chi connectivity index (χ0v) is 7.97. The van der Waals surface area contributed by atoms with Crippen LogP contribution in [0.1, 0.15) is 39.0 Å². The van der Waals surface area contributed by atoms with E-state index in [0.717, 1.165) is 12.8 Å². The minimum Gasteiger partial charge on any atom is -0.327 e. The molecule has 1 atom stereocenters. The molecule has 0 saturated heterocycles. The predicted octanol–water partition coefficient (Wildman–Crippen LogP) is 2.78. The SMILES string of the molecule is C=C(C=C1CCCC(N)C1)CC. The molecule has 12 heavy (non-hydrogen) atoms. The molecule has 0 heterocycles. The molecule has 1 unspecified atom stereocenters. The van der Waals surface area contributed by atoms with Gasteiger partial charge in [-0.1, -0.05) is 30.7 Å². The third-order valence-electron chi connectivity index (χ3n) is 2.46. The van der Waals surface area contributed by atoms with Gasteiger partial charge in [-0.15, -0.1) is 0 Å². The van der Waals surface area contributed by atoms with E-state index in [1.54, 1.807) is 0 Å². The van der Waals surface area contributed by atoms with Crippen LogP contribution in [-0.4, -0.2) is 6.04 Å². The molecule has 1 fully saturated rings. The second-order valence-electron chi connectivity index (χ2n) is 3.67. The van der Waals surface area contributed by atoms with Crippen LogP contribution < -0.4 is 5.73 Å². The zero-order valence-electron chi connectivity index (χ0n) is 7.97. The average Bonchev–Trinajstić information content (AvgIpc) is 2.04. The molecule has 1 aliphatic carbocycles. The molecule has 0 amide bonds. The topological polar surface area (TPSA) is 26.0 Å². The van der Waals surface area contributed by atoms with Crippen molar-refractivity contribution in [2.75, 3.05) is 0 Å². The quantitative estimate of drug-likeness (QED) is 0.669. The molecule has 1 aliphatic rings. The lowest BCUT2D eigenvalue weighted by Crippen LogP contribution is -2.23. The van der Waals surface area contributed by atoms with Crippen molar-refractivity contribution in [3.63, 3.8) is 0 Å². The number of hydrogen-bond donors (Lipinski definition) is 1. The molecular formula is C11H19N. The zero-order chi connectivity index (χ0) is 8.97. The molecule has 1 nitrogen and oxygen atoms in total. The van der Waals surface area contributed by atoms with Crippen molar-refractivity contribution < 1.29 is 0 Å². The van der Waals surface area contributed by atoms with E-state index in [9.17, 15) is 0 Å². The molecule has 0 aromatic rings. The van der Waals surface area contributed by atoms with Crippen LogP contribution in [-0.2, 0) is 0 Å². The lowest BCUT2D eigenvalue weighted by Gasteiger charge is -2.20. The standard InChI is InChI=1S/C11H19N/c1-3-9(2)7-10-5-4-6-11(12)8-10/h7,11H,2-6,8,12H2,1H3. The van der Waals surface area contributed by atoms with Crippen LogP contribution in [0.15, 0.2) is 23.8 Å². The molecule has 0 bridgehead atoms. The van der Waals surface area contributed by atoms with E-state index in [1.807, 2.05) is 0 Å². The minimum atomic E-state index is 0.398. The van der Waals surface area contributed by atoms with Gasteiger partial charge >= 0.3 is 0 Å². The summed E-state index contributed by atoms with van der Waals surface area (Å²) in [6.45, 7) is 6.12. The normalized spacial score (nSPS) is 27.5. The summed E-state index contributed by atoms with van der Waals surface area (Å²) < 4.78 is 0. The Morgan fingerprint density at radius 1 is 1.75 bits per heavy atom. The summed E-state index contributed by atoms with van der Waals surface area (Å²) in [6.07, 6.45) is 8.05. The Morgan fingerprint density at radius 3 is 3.08 bits per heavy atom. The highest BCUT2D eigenvalue weighted by Gasteiger charge is 2.12. The Labute approximate surface area is 75.3 Å². The maximum absolute atomic E-state index is 5.87. The van der Waals surface area contributed by atoms with Crippen LogP contribution in [0.4, 0.5) is 0 Å². The van der Waals surface area contributed by atoms with Gasteiger partial charge in [0.1, 0.15) is 0 Å². The molecule has 1 heteroatoms. The average molecular weight is 165 g/mol. The number of nitrogens with two attached hydrogens (primary N) is 1. The fourth-order valence-electron chi connectivity index (χ4n) is 1.65. The third-order valence-corrected chi connectivity index (χ3v) is 2.46. The van der Waals surface area contributed by atoms with E-state index in [1.165, 1.54) is 30.4 Å². The smallest absolute Gasteiger partial charge is 0.00763 e. The molecule has 0 spiro atoms. The molecule has 1 saturated carbocycles. The van der Waals surface area contributed by atoms with Crippen LogP contribution in [0.5, 0.6) is 0 Å². The molecule has 0 aromatic carbocycles. The summed E-state index contributed by atoms with van der Waals surface area (Å²) in [5.74, 6) is 0. The number of rotatable bonds is 2. The molecule has 0 radical (unpaired) electrons. The molecule has 0 aliphatic heterocycles. The van der Waals surface area contributed by atoms with Gasteiger partial charge < -0.3 is 5.73 Å². The maximum atomic E-state index is 5.87. The van der Waals surface area contributed by atoms with Gasteiger partial charge in [0.25, 0.3) is 0 Å². The first kappa shape index (κ1) is 9.53. The Bertz CT molecular complexity index is 191. The van der Waals surface area contributed by atoms with Gasteiger partial charge in [-0.2, -0.15) is 0 Å². The van der Waals surface area contributed by atoms with E-state index < -0.39 is 0 Å². The van der Waals surface area contributed by atoms with Crippen molar-refractivity contribution in [3.05, 3.63) is 23.8 Å². The van der Waals surface area contributed by atoms with Crippen LogP contribution in [0, 0.1) is 0 Å². The van der Waals surface area contributed by atoms with E-state index in [-0.39, 0.29) is 0 Å². The van der Waals surface area contributed by atoms with Crippen molar-refractivity contribution >= 4 is 0 Å². The molecule has 0 aromatic heterocycles. The molecule has 1 rings (SSSR count). The van der Waals surface area contributed by atoms with E-state index in [2.05, 4.69) is 19.6 Å². The first-order valence-electron chi connectivity index (χ1n) is 4.85. The van der Waals surface area contributed by atoms with Gasteiger partial charge in [0.05, 0.1) is 0 Å². The Hall–Kier alpha value is -0.560. The van der Waals surface area contributed by atoms with E-state index >= 15 is 0 Å². The number of allylic oxidation sites excluding steroid dienone is 2. The first-order chi connectivity index (χ1) is 5.72. The van der Waals surface area contributed by atoms with Crippen molar-refractivity contribution in [2.24, 2.45) is 5.73 Å². The monoisotopic (exact) mass is 165 g/mol. The van der Waals surface area contributed by atoms with Gasteiger partial charge in [0, 0.05) is 6.04 Å². The predicted molar refractivity (Wildman–Crippen MR) is 54.0 cm³/mol.